The van der Waals surface area contributed by atoms with E-state index in [1.807, 2.05) is 25.1 Å². The summed E-state index contributed by atoms with van der Waals surface area (Å²) in [6, 6.07) is 12.9. The van der Waals surface area contributed by atoms with Gasteiger partial charge in [0.05, 0.1) is 11.5 Å². The molecule has 0 saturated carbocycles. The molecular weight excluding hydrogens is 484 g/mol. The van der Waals surface area contributed by atoms with E-state index in [0.717, 1.165) is 10.0 Å². The Morgan fingerprint density at radius 3 is 2.52 bits per heavy atom. The zero-order valence-corrected chi connectivity index (χ0v) is 18.9. The molecule has 31 heavy (non-hydrogen) atoms. The first kappa shape index (κ1) is 22.4. The lowest BCUT2D eigenvalue weighted by Crippen LogP contribution is -2.15. The zero-order valence-electron chi connectivity index (χ0n) is 16.4. The fraction of sp³-hybridized carbons (Fsp3) is 0.0952. The van der Waals surface area contributed by atoms with E-state index in [1.54, 1.807) is 12.1 Å². The van der Waals surface area contributed by atoms with Crippen molar-refractivity contribution in [1.29, 1.82) is 0 Å². The van der Waals surface area contributed by atoms with Gasteiger partial charge >= 0.3 is 0 Å². The lowest BCUT2D eigenvalue weighted by molar-refractivity contribution is -0.111. The zero-order chi connectivity index (χ0) is 22.3. The van der Waals surface area contributed by atoms with Crippen LogP contribution < -0.4 is 14.8 Å². The predicted molar refractivity (Wildman–Crippen MR) is 122 cm³/mol. The summed E-state index contributed by atoms with van der Waals surface area (Å²) >= 11 is 3.40. The van der Waals surface area contributed by atoms with Crippen molar-refractivity contribution in [3.05, 3.63) is 77.0 Å². The first-order valence-corrected chi connectivity index (χ1v) is 11.5. The molecule has 0 radical (unpaired) electrons. The van der Waals surface area contributed by atoms with Gasteiger partial charge in [0, 0.05) is 34.2 Å². The molecule has 0 aliphatic rings. The molecule has 2 N–H and O–H groups in total. The number of aromatic nitrogens is 2. The third-order valence-electron chi connectivity index (χ3n) is 3.91. The normalized spacial score (nSPS) is 11.3. The molecule has 1 heterocycles. The van der Waals surface area contributed by atoms with Gasteiger partial charge in [0.25, 0.3) is 10.0 Å². The number of halogens is 1. The van der Waals surface area contributed by atoms with Crippen LogP contribution in [0.25, 0.3) is 6.08 Å². The molecule has 160 valence electrons. The number of nitrogens with zero attached hydrogens (tertiary/aromatic N) is 2. The molecule has 1 amide bonds. The third-order valence-corrected chi connectivity index (χ3v) is 5.75. The van der Waals surface area contributed by atoms with Crippen LogP contribution in [0.5, 0.6) is 5.75 Å². The molecule has 3 rings (SSSR count). The second-order valence-electron chi connectivity index (χ2n) is 6.14. The maximum absolute atomic E-state index is 12.4. The number of benzene rings is 2. The highest BCUT2D eigenvalue weighted by atomic mass is 79.9. The second-order valence-corrected chi connectivity index (χ2v) is 8.74. The lowest BCUT2D eigenvalue weighted by Gasteiger charge is -2.08. The Morgan fingerprint density at radius 1 is 1.13 bits per heavy atom. The Morgan fingerprint density at radius 2 is 1.84 bits per heavy atom. The van der Waals surface area contributed by atoms with Crippen molar-refractivity contribution < 1.29 is 17.9 Å². The molecule has 0 aliphatic carbocycles. The lowest BCUT2D eigenvalue weighted by atomic mass is 10.2. The fourth-order valence-electron chi connectivity index (χ4n) is 2.53. The van der Waals surface area contributed by atoms with Crippen molar-refractivity contribution in [3.8, 4) is 5.75 Å². The molecule has 0 spiro atoms. The molecule has 3 aromatic rings. The summed E-state index contributed by atoms with van der Waals surface area (Å²) in [6.45, 7) is 2.39. The number of nitrogens with one attached hydrogen (secondary N) is 2. The van der Waals surface area contributed by atoms with Crippen molar-refractivity contribution in [2.75, 3.05) is 16.6 Å². The minimum Gasteiger partial charge on any atom is -0.493 e. The van der Waals surface area contributed by atoms with Gasteiger partial charge in [-0.25, -0.2) is 23.1 Å². The molecule has 8 nitrogen and oxygen atoms in total. The smallest absolute Gasteiger partial charge is 0.264 e. The molecule has 0 unspecified atom stereocenters. The second kappa shape index (κ2) is 10.2. The summed E-state index contributed by atoms with van der Waals surface area (Å²) in [5, 5.41) is 2.69. The van der Waals surface area contributed by atoms with E-state index in [4.69, 9.17) is 4.74 Å². The van der Waals surface area contributed by atoms with Crippen LogP contribution in [0.3, 0.4) is 0 Å². The minimum atomic E-state index is -3.84. The van der Waals surface area contributed by atoms with Crippen molar-refractivity contribution in [1.82, 2.24) is 9.97 Å². The molecule has 0 bridgehead atoms. The number of carbonyl (C=O) groups excluding carboxylic acids is 1. The molecular formula is C21H19BrN4O4S. The van der Waals surface area contributed by atoms with Gasteiger partial charge in [-0.15, -0.1) is 0 Å². The van der Waals surface area contributed by atoms with Gasteiger partial charge in [0.15, 0.2) is 0 Å². The van der Waals surface area contributed by atoms with Gasteiger partial charge in [0.1, 0.15) is 5.75 Å². The van der Waals surface area contributed by atoms with Crippen molar-refractivity contribution in [3.63, 3.8) is 0 Å². The summed E-state index contributed by atoms with van der Waals surface area (Å²) in [4.78, 5) is 20.0. The highest BCUT2D eigenvalue weighted by Crippen LogP contribution is 2.24. The van der Waals surface area contributed by atoms with Crippen LogP contribution in [0.2, 0.25) is 0 Å². The van der Waals surface area contributed by atoms with Crippen molar-refractivity contribution in [2.24, 2.45) is 0 Å². The topological polar surface area (TPSA) is 110 Å². The van der Waals surface area contributed by atoms with E-state index in [1.165, 1.54) is 42.7 Å². The average Bonchev–Trinajstić information content (AvgIpc) is 2.75. The quantitative estimate of drug-likeness (QED) is 0.448. The van der Waals surface area contributed by atoms with Crippen molar-refractivity contribution in [2.45, 2.75) is 11.8 Å². The SMILES string of the molecule is CCOc1ccc(Br)cc1C=CC(=O)Nc1ccc(S(=O)(=O)Nc2ncccn2)cc1. The van der Waals surface area contributed by atoms with Crippen LogP contribution in [-0.4, -0.2) is 30.9 Å². The standard InChI is InChI=1S/C21H19BrN4O4S/c1-2-30-19-10-5-16(22)14-15(19)4-11-20(27)25-17-6-8-18(9-7-17)31(28,29)26-21-23-12-3-13-24-21/h3-14H,2H2,1H3,(H,25,27)(H,23,24,26). The maximum Gasteiger partial charge on any atom is 0.264 e. The number of anilines is 2. The molecule has 0 fully saturated rings. The first-order chi connectivity index (χ1) is 14.9. The molecule has 0 atom stereocenters. The Labute approximate surface area is 188 Å². The van der Waals surface area contributed by atoms with Gasteiger partial charge in [-0.2, -0.15) is 0 Å². The van der Waals surface area contributed by atoms with Gasteiger partial charge in [-0.1, -0.05) is 15.9 Å². The van der Waals surface area contributed by atoms with E-state index < -0.39 is 10.0 Å². The first-order valence-electron chi connectivity index (χ1n) is 9.18. The van der Waals surface area contributed by atoms with Crippen molar-refractivity contribution >= 4 is 49.6 Å². The monoisotopic (exact) mass is 502 g/mol. The Balaban J connectivity index is 1.66. The number of hydrogen-bond donors (Lipinski definition) is 2. The van der Waals surface area contributed by atoms with Crippen LogP contribution >= 0.6 is 15.9 Å². The summed E-state index contributed by atoms with van der Waals surface area (Å²) in [5.74, 6) is 0.275. The minimum absolute atomic E-state index is 0.0176. The number of hydrogen-bond acceptors (Lipinski definition) is 6. The van der Waals surface area contributed by atoms with E-state index in [9.17, 15) is 13.2 Å². The van der Waals surface area contributed by atoms with Crippen LogP contribution in [0.15, 0.2) is 76.4 Å². The fourth-order valence-corrected chi connectivity index (χ4v) is 3.87. The molecule has 1 aromatic heterocycles. The molecule has 2 aromatic carbocycles. The highest BCUT2D eigenvalue weighted by molar-refractivity contribution is 9.10. The van der Waals surface area contributed by atoms with Gasteiger partial charge in [-0.3, -0.25) is 4.79 Å². The molecule has 0 aliphatic heterocycles. The van der Waals surface area contributed by atoms with Gasteiger partial charge < -0.3 is 10.1 Å². The van der Waals surface area contributed by atoms with Gasteiger partial charge in [-0.05, 0) is 61.5 Å². The Bertz CT molecular complexity index is 1180. The highest BCUT2D eigenvalue weighted by Gasteiger charge is 2.15. The predicted octanol–water partition coefficient (Wildman–Crippen LogP) is 4.09. The molecule has 0 saturated heterocycles. The maximum atomic E-state index is 12.4. The number of amides is 1. The van der Waals surface area contributed by atoms with E-state index in [2.05, 4.69) is 35.9 Å². The average molecular weight is 503 g/mol. The van der Waals surface area contributed by atoms with E-state index >= 15 is 0 Å². The van der Waals surface area contributed by atoms with Crippen LogP contribution in [-0.2, 0) is 14.8 Å². The molecule has 10 heteroatoms. The van der Waals surface area contributed by atoms with Crippen LogP contribution in [0, 0.1) is 0 Å². The summed E-state index contributed by atoms with van der Waals surface area (Å²) in [7, 11) is -3.84. The van der Waals surface area contributed by atoms with Crippen LogP contribution in [0.1, 0.15) is 12.5 Å². The van der Waals surface area contributed by atoms with Crippen LogP contribution in [0.4, 0.5) is 11.6 Å². The number of rotatable bonds is 8. The number of ether oxygens (including phenoxy) is 1. The number of sulfonamides is 1. The Kier molecular flexibility index (Phi) is 7.37. The summed E-state index contributed by atoms with van der Waals surface area (Å²) < 4.78 is 33.5. The summed E-state index contributed by atoms with van der Waals surface area (Å²) in [5.41, 5.74) is 1.20. The summed E-state index contributed by atoms with van der Waals surface area (Å²) in [6.07, 6.45) is 5.89. The van der Waals surface area contributed by atoms with E-state index in [0.29, 0.717) is 18.0 Å². The largest absolute Gasteiger partial charge is 0.493 e. The van der Waals surface area contributed by atoms with Gasteiger partial charge in [0.2, 0.25) is 11.9 Å². The van der Waals surface area contributed by atoms with E-state index in [-0.39, 0.29) is 16.8 Å². The third kappa shape index (κ3) is 6.37. The Hall–Kier alpha value is -3.24. The number of carbonyl (C=O) groups is 1.